The number of aliphatic hydroxyl groups is 1. The van der Waals surface area contributed by atoms with Crippen LogP contribution in [0.25, 0.3) is 0 Å². The van der Waals surface area contributed by atoms with Crippen LogP contribution in [0.15, 0.2) is 24.5 Å². The molecule has 1 aromatic rings. The molecule has 0 bridgehead atoms. The highest BCUT2D eigenvalue weighted by Gasteiger charge is 2.12. The lowest BCUT2D eigenvalue weighted by Crippen LogP contribution is -2.33. The molecule has 2 N–H and O–H groups in total. The van der Waals surface area contributed by atoms with Crippen LogP contribution in [0, 0.1) is 0 Å². The Balaban J connectivity index is 2.40. The summed E-state index contributed by atoms with van der Waals surface area (Å²) in [6.45, 7) is 1.88. The van der Waals surface area contributed by atoms with E-state index in [0.29, 0.717) is 12.8 Å². The van der Waals surface area contributed by atoms with E-state index in [4.69, 9.17) is 0 Å². The number of aryl methyl sites for hydroxylation is 1. The molecule has 0 aliphatic carbocycles. The Morgan fingerprint density at radius 1 is 1.41 bits per heavy atom. The van der Waals surface area contributed by atoms with E-state index in [1.807, 2.05) is 0 Å². The maximum atomic E-state index is 11.6. The molecule has 0 aliphatic heterocycles. The molecule has 0 aromatic carbocycles. The van der Waals surface area contributed by atoms with Crippen LogP contribution in [0.5, 0.6) is 0 Å². The van der Waals surface area contributed by atoms with Crippen molar-refractivity contribution in [3.8, 4) is 0 Å². The average Bonchev–Trinajstić information content (AvgIpc) is 2.35. The van der Waals surface area contributed by atoms with Crippen LogP contribution in [0.1, 0.15) is 18.9 Å². The second-order valence-corrected chi connectivity index (χ2v) is 5.76. The van der Waals surface area contributed by atoms with E-state index in [0.717, 1.165) is 5.56 Å². The number of nitrogens with zero attached hydrogens (tertiary/aromatic N) is 1. The Morgan fingerprint density at radius 3 is 2.65 bits per heavy atom. The Labute approximate surface area is 102 Å². The van der Waals surface area contributed by atoms with E-state index in [1.54, 1.807) is 31.5 Å². The topological polar surface area (TPSA) is 79.3 Å². The van der Waals surface area contributed by atoms with Crippen molar-refractivity contribution in [1.82, 2.24) is 9.71 Å². The van der Waals surface area contributed by atoms with E-state index >= 15 is 0 Å². The summed E-state index contributed by atoms with van der Waals surface area (Å²) in [7, 11) is -3.32. The molecule has 1 aromatic heterocycles. The molecule has 0 amide bonds. The van der Waals surface area contributed by atoms with Gasteiger partial charge in [0.05, 0.1) is 11.9 Å². The lowest BCUT2D eigenvalue weighted by atomic mass is 10.2. The van der Waals surface area contributed by atoms with Gasteiger partial charge in [0.1, 0.15) is 0 Å². The number of nitrogens with one attached hydrogen (secondary N) is 1. The summed E-state index contributed by atoms with van der Waals surface area (Å²) in [5.41, 5.74) is 0.932. The van der Waals surface area contributed by atoms with Gasteiger partial charge in [-0.15, -0.1) is 0 Å². The third kappa shape index (κ3) is 5.76. The smallest absolute Gasteiger partial charge is 0.212 e. The minimum atomic E-state index is -3.32. The molecule has 96 valence electrons. The van der Waals surface area contributed by atoms with Crippen molar-refractivity contribution in [2.45, 2.75) is 25.9 Å². The number of hydrogen-bond acceptors (Lipinski definition) is 4. The molecule has 5 nitrogen and oxygen atoms in total. The van der Waals surface area contributed by atoms with Crippen LogP contribution in [0.2, 0.25) is 0 Å². The average molecular weight is 258 g/mol. The van der Waals surface area contributed by atoms with Gasteiger partial charge in [0, 0.05) is 18.9 Å². The van der Waals surface area contributed by atoms with Gasteiger partial charge in [-0.05, 0) is 30.5 Å². The predicted octanol–water partition coefficient (Wildman–Crippen LogP) is 0.314. The highest BCUT2D eigenvalue weighted by molar-refractivity contribution is 7.89. The van der Waals surface area contributed by atoms with Crippen molar-refractivity contribution in [3.05, 3.63) is 30.1 Å². The van der Waals surface area contributed by atoms with Gasteiger partial charge in [0.15, 0.2) is 0 Å². The second kappa shape index (κ2) is 6.68. The first-order chi connectivity index (χ1) is 8.03. The van der Waals surface area contributed by atoms with E-state index in [2.05, 4.69) is 9.71 Å². The second-order valence-electron chi connectivity index (χ2n) is 3.83. The number of aliphatic hydroxyl groups excluding tert-OH is 1. The van der Waals surface area contributed by atoms with Crippen LogP contribution in [-0.2, 0) is 16.4 Å². The molecule has 1 rings (SSSR count). The fraction of sp³-hybridized carbons (Fsp3) is 0.545. The minimum Gasteiger partial charge on any atom is -0.392 e. The van der Waals surface area contributed by atoms with Crippen LogP contribution >= 0.6 is 0 Å². The molecule has 1 heterocycles. The molecule has 0 spiro atoms. The molecular formula is C11H18N2O3S. The highest BCUT2D eigenvalue weighted by atomic mass is 32.2. The van der Waals surface area contributed by atoms with E-state index in [-0.39, 0.29) is 12.3 Å². The van der Waals surface area contributed by atoms with E-state index in [1.165, 1.54) is 0 Å². The monoisotopic (exact) mass is 258 g/mol. The Kier molecular flexibility index (Phi) is 5.54. The summed E-state index contributed by atoms with van der Waals surface area (Å²) in [6, 6.07) is 3.58. The first-order valence-electron chi connectivity index (χ1n) is 5.58. The highest BCUT2D eigenvalue weighted by Crippen LogP contribution is 2.00. The molecule has 1 atom stereocenters. The first-order valence-corrected chi connectivity index (χ1v) is 7.23. The largest absolute Gasteiger partial charge is 0.392 e. The number of aromatic nitrogens is 1. The molecule has 0 aliphatic rings. The number of rotatable bonds is 7. The molecular weight excluding hydrogens is 240 g/mol. The number of sulfonamides is 1. The van der Waals surface area contributed by atoms with E-state index in [9.17, 15) is 13.5 Å². The summed E-state index contributed by atoms with van der Waals surface area (Å²) in [4.78, 5) is 3.86. The Morgan fingerprint density at radius 2 is 2.06 bits per heavy atom. The minimum absolute atomic E-state index is 0.0213. The van der Waals surface area contributed by atoms with Crippen LogP contribution in [-0.4, -0.2) is 36.9 Å². The lowest BCUT2D eigenvalue weighted by molar-refractivity contribution is 0.174. The zero-order valence-electron chi connectivity index (χ0n) is 9.83. The molecule has 6 heteroatoms. The lowest BCUT2D eigenvalue weighted by Gasteiger charge is -2.10. The van der Waals surface area contributed by atoms with Gasteiger partial charge < -0.3 is 5.11 Å². The predicted molar refractivity (Wildman–Crippen MR) is 66.0 cm³/mol. The third-order valence-electron chi connectivity index (χ3n) is 2.42. The molecule has 0 saturated heterocycles. The summed E-state index contributed by atoms with van der Waals surface area (Å²) in [5.74, 6) is 0.0213. The normalized spacial score (nSPS) is 13.5. The molecule has 1 unspecified atom stereocenters. The summed E-state index contributed by atoms with van der Waals surface area (Å²) >= 11 is 0. The maximum Gasteiger partial charge on any atom is 0.212 e. The molecule has 0 saturated carbocycles. The maximum absolute atomic E-state index is 11.6. The van der Waals surface area contributed by atoms with Gasteiger partial charge >= 0.3 is 0 Å². The van der Waals surface area contributed by atoms with Crippen LogP contribution in [0.4, 0.5) is 0 Å². The SMILES string of the molecule is CCC(O)CNS(=O)(=O)CCc1ccncc1. The molecule has 0 fully saturated rings. The van der Waals surface area contributed by atoms with Crippen molar-refractivity contribution in [2.24, 2.45) is 0 Å². The zero-order chi connectivity index (χ0) is 12.7. The van der Waals surface area contributed by atoms with Gasteiger partial charge in [-0.3, -0.25) is 4.98 Å². The molecule has 17 heavy (non-hydrogen) atoms. The van der Waals surface area contributed by atoms with Crippen LogP contribution in [0.3, 0.4) is 0 Å². The number of hydrogen-bond donors (Lipinski definition) is 2. The van der Waals surface area contributed by atoms with Crippen molar-refractivity contribution < 1.29 is 13.5 Å². The fourth-order valence-corrected chi connectivity index (χ4v) is 2.34. The third-order valence-corrected chi connectivity index (χ3v) is 3.77. The Hall–Kier alpha value is -0.980. The van der Waals surface area contributed by atoms with Crippen LogP contribution < -0.4 is 4.72 Å². The quantitative estimate of drug-likeness (QED) is 0.738. The fourth-order valence-electron chi connectivity index (χ4n) is 1.24. The van der Waals surface area contributed by atoms with Gasteiger partial charge in [0.25, 0.3) is 0 Å². The van der Waals surface area contributed by atoms with Crippen molar-refractivity contribution >= 4 is 10.0 Å². The van der Waals surface area contributed by atoms with E-state index < -0.39 is 16.1 Å². The first kappa shape index (κ1) is 14.1. The Bertz CT molecular complexity index is 420. The van der Waals surface area contributed by atoms with Gasteiger partial charge in [-0.1, -0.05) is 6.92 Å². The van der Waals surface area contributed by atoms with Crippen molar-refractivity contribution in [3.63, 3.8) is 0 Å². The number of pyridine rings is 1. The molecule has 0 radical (unpaired) electrons. The zero-order valence-corrected chi connectivity index (χ0v) is 10.7. The van der Waals surface area contributed by atoms with Crippen molar-refractivity contribution in [1.29, 1.82) is 0 Å². The summed E-state index contributed by atoms with van der Waals surface area (Å²) in [5, 5.41) is 9.27. The standard InChI is InChI=1S/C11H18N2O3S/c1-2-11(14)9-13-17(15,16)8-5-10-3-6-12-7-4-10/h3-4,6-7,11,13-14H,2,5,8-9H2,1H3. The van der Waals surface area contributed by atoms with Gasteiger partial charge in [-0.25, -0.2) is 13.1 Å². The van der Waals surface area contributed by atoms with Crippen molar-refractivity contribution in [2.75, 3.05) is 12.3 Å². The van der Waals surface area contributed by atoms with Gasteiger partial charge in [-0.2, -0.15) is 0 Å². The summed E-state index contributed by atoms with van der Waals surface area (Å²) in [6.07, 6.45) is 3.63. The summed E-state index contributed by atoms with van der Waals surface area (Å²) < 4.78 is 25.6. The van der Waals surface area contributed by atoms with Gasteiger partial charge in [0.2, 0.25) is 10.0 Å².